The minimum atomic E-state index is -0.992. The lowest BCUT2D eigenvalue weighted by molar-refractivity contribution is -0.141. The van der Waals surface area contributed by atoms with Crippen LogP contribution in [0.4, 0.5) is 10.5 Å². The van der Waals surface area contributed by atoms with Gasteiger partial charge in [-0.05, 0) is 76.4 Å². The van der Waals surface area contributed by atoms with Crippen molar-refractivity contribution >= 4 is 23.7 Å². The number of aliphatic hydroxyl groups is 1. The Balaban J connectivity index is 2.11. The highest BCUT2D eigenvalue weighted by Gasteiger charge is 2.30. The van der Waals surface area contributed by atoms with Crippen LogP contribution in [0, 0.1) is 0 Å². The van der Waals surface area contributed by atoms with E-state index in [-0.39, 0.29) is 12.5 Å². The Morgan fingerprint density at radius 1 is 1.03 bits per heavy atom. The highest BCUT2D eigenvalue weighted by atomic mass is 16.6. The molecule has 0 radical (unpaired) electrons. The fraction of sp³-hybridized carbons (Fsp3) is 0.464. The smallest absolute Gasteiger partial charge is 0.410 e. The summed E-state index contributed by atoms with van der Waals surface area (Å²) in [5.41, 5.74) is 1.64. The highest BCUT2D eigenvalue weighted by Crippen LogP contribution is 2.25. The van der Waals surface area contributed by atoms with Gasteiger partial charge in [0.2, 0.25) is 0 Å². The predicted molar refractivity (Wildman–Crippen MR) is 140 cm³/mol. The number of aliphatic hydroxyl groups excluding tert-OH is 1. The van der Waals surface area contributed by atoms with Crippen molar-refractivity contribution < 1.29 is 33.7 Å². The van der Waals surface area contributed by atoms with E-state index in [1.54, 1.807) is 58.9 Å². The molecule has 2 aromatic rings. The van der Waals surface area contributed by atoms with Crippen LogP contribution in [0.25, 0.3) is 0 Å². The molecule has 0 aromatic heterocycles. The molecular formula is C28H38N2O7. The minimum Gasteiger partial charge on any atom is -0.465 e. The fourth-order valence-electron chi connectivity index (χ4n) is 3.55. The SMILES string of the molecule is CCOC(=O)CNc1ccc(CCN(C(=O)OC(C)(C)C)[C@@H](C)[C@H](O)c2ccc(OC(C)=O)cc2)cc1. The number of hydrogen-bond acceptors (Lipinski definition) is 8. The molecule has 2 aromatic carbocycles. The molecule has 0 spiro atoms. The van der Waals surface area contributed by atoms with Crippen LogP contribution < -0.4 is 10.1 Å². The first-order chi connectivity index (χ1) is 17.4. The summed E-state index contributed by atoms with van der Waals surface area (Å²) in [6.45, 7) is 10.9. The summed E-state index contributed by atoms with van der Waals surface area (Å²) in [5, 5.41) is 14.1. The summed E-state index contributed by atoms with van der Waals surface area (Å²) in [6.07, 6.45) is -0.989. The van der Waals surface area contributed by atoms with Gasteiger partial charge in [0.05, 0.1) is 18.8 Å². The molecule has 37 heavy (non-hydrogen) atoms. The molecule has 1 amide bonds. The van der Waals surface area contributed by atoms with Gasteiger partial charge in [-0.25, -0.2) is 4.79 Å². The average Bonchev–Trinajstić information content (AvgIpc) is 2.82. The zero-order chi connectivity index (χ0) is 27.6. The number of nitrogens with zero attached hydrogens (tertiary/aromatic N) is 1. The Morgan fingerprint density at radius 3 is 2.19 bits per heavy atom. The van der Waals surface area contributed by atoms with Gasteiger partial charge in [-0.15, -0.1) is 0 Å². The van der Waals surface area contributed by atoms with E-state index in [4.69, 9.17) is 14.2 Å². The first-order valence-corrected chi connectivity index (χ1v) is 12.3. The van der Waals surface area contributed by atoms with E-state index in [1.165, 1.54) is 11.8 Å². The van der Waals surface area contributed by atoms with Gasteiger partial charge in [-0.3, -0.25) is 9.59 Å². The second-order valence-corrected chi connectivity index (χ2v) is 9.63. The number of hydrogen-bond donors (Lipinski definition) is 2. The van der Waals surface area contributed by atoms with Gasteiger partial charge in [0.1, 0.15) is 17.9 Å². The van der Waals surface area contributed by atoms with Gasteiger partial charge >= 0.3 is 18.0 Å². The number of amides is 1. The maximum atomic E-state index is 13.1. The van der Waals surface area contributed by atoms with E-state index in [1.807, 2.05) is 24.3 Å². The molecular weight excluding hydrogens is 476 g/mol. The number of benzene rings is 2. The van der Waals surface area contributed by atoms with E-state index in [0.29, 0.717) is 30.9 Å². The maximum Gasteiger partial charge on any atom is 0.410 e. The molecule has 0 heterocycles. The van der Waals surface area contributed by atoms with E-state index in [9.17, 15) is 19.5 Å². The Morgan fingerprint density at radius 2 is 1.65 bits per heavy atom. The van der Waals surface area contributed by atoms with Gasteiger partial charge in [0, 0.05) is 19.2 Å². The third-order valence-corrected chi connectivity index (χ3v) is 5.40. The van der Waals surface area contributed by atoms with Crippen molar-refractivity contribution in [1.29, 1.82) is 0 Å². The number of carbonyl (C=O) groups is 3. The Hall–Kier alpha value is -3.59. The monoisotopic (exact) mass is 514 g/mol. The quantitative estimate of drug-likeness (QED) is 0.333. The van der Waals surface area contributed by atoms with E-state index in [0.717, 1.165) is 11.3 Å². The van der Waals surface area contributed by atoms with Crippen molar-refractivity contribution in [2.75, 3.05) is 25.0 Å². The van der Waals surface area contributed by atoms with Crippen molar-refractivity contribution in [2.45, 2.75) is 65.7 Å². The maximum absolute atomic E-state index is 13.1. The molecule has 2 rings (SSSR count). The zero-order valence-electron chi connectivity index (χ0n) is 22.4. The molecule has 2 atom stereocenters. The lowest BCUT2D eigenvalue weighted by Crippen LogP contribution is -2.45. The van der Waals surface area contributed by atoms with Gasteiger partial charge in [-0.2, -0.15) is 0 Å². The number of carbonyl (C=O) groups excluding carboxylic acids is 3. The molecule has 2 N–H and O–H groups in total. The third kappa shape index (κ3) is 10.1. The summed E-state index contributed by atoms with van der Waals surface area (Å²) in [4.78, 5) is 37.3. The molecule has 0 unspecified atom stereocenters. The first kappa shape index (κ1) is 29.6. The summed E-state index contributed by atoms with van der Waals surface area (Å²) in [5.74, 6) is -0.381. The zero-order valence-corrected chi connectivity index (χ0v) is 22.4. The van der Waals surface area contributed by atoms with Gasteiger partial charge in [0.25, 0.3) is 0 Å². The van der Waals surface area contributed by atoms with Crippen LogP contribution in [0.3, 0.4) is 0 Å². The highest BCUT2D eigenvalue weighted by molar-refractivity contribution is 5.75. The molecule has 0 bridgehead atoms. The summed E-state index contributed by atoms with van der Waals surface area (Å²) in [7, 11) is 0. The number of ether oxygens (including phenoxy) is 3. The third-order valence-electron chi connectivity index (χ3n) is 5.40. The summed E-state index contributed by atoms with van der Waals surface area (Å²) in [6, 6.07) is 13.5. The van der Waals surface area contributed by atoms with Crippen molar-refractivity contribution in [3.05, 3.63) is 59.7 Å². The molecule has 9 nitrogen and oxygen atoms in total. The van der Waals surface area contributed by atoms with Crippen LogP contribution in [-0.4, -0.2) is 59.4 Å². The normalized spacial score (nSPS) is 12.7. The molecule has 0 saturated heterocycles. The second-order valence-electron chi connectivity index (χ2n) is 9.63. The molecule has 0 fully saturated rings. The van der Waals surface area contributed by atoms with Crippen molar-refractivity contribution in [1.82, 2.24) is 4.90 Å². The molecule has 0 aliphatic heterocycles. The van der Waals surface area contributed by atoms with Crippen LogP contribution in [0.5, 0.6) is 5.75 Å². The molecule has 9 heteroatoms. The number of nitrogens with one attached hydrogen (secondary N) is 1. The number of rotatable bonds is 11. The van der Waals surface area contributed by atoms with Crippen molar-refractivity contribution in [2.24, 2.45) is 0 Å². The lowest BCUT2D eigenvalue weighted by atomic mass is 10.0. The molecule has 0 aliphatic rings. The summed E-state index contributed by atoms with van der Waals surface area (Å²) < 4.78 is 15.6. The van der Waals surface area contributed by atoms with Gasteiger partial charge in [0.15, 0.2) is 0 Å². The van der Waals surface area contributed by atoms with Crippen LogP contribution in [0.1, 0.15) is 58.8 Å². The molecule has 202 valence electrons. The van der Waals surface area contributed by atoms with E-state index < -0.39 is 29.8 Å². The van der Waals surface area contributed by atoms with Crippen LogP contribution in [0.2, 0.25) is 0 Å². The van der Waals surface area contributed by atoms with Crippen LogP contribution in [-0.2, 0) is 25.5 Å². The molecule has 0 aliphatic carbocycles. The van der Waals surface area contributed by atoms with Gasteiger partial charge in [-0.1, -0.05) is 24.3 Å². The standard InChI is InChI=1S/C28H38N2O7/c1-7-35-25(32)18-29-23-12-8-21(9-13-23)16-17-30(27(34)37-28(4,5)6)19(2)26(33)22-10-14-24(15-11-22)36-20(3)31/h8-15,19,26,29,33H,7,16-18H2,1-6H3/t19-,26-/m0/s1. The van der Waals surface area contributed by atoms with Crippen LogP contribution in [0.15, 0.2) is 48.5 Å². The second kappa shape index (κ2) is 13.6. The van der Waals surface area contributed by atoms with E-state index in [2.05, 4.69) is 5.32 Å². The first-order valence-electron chi connectivity index (χ1n) is 12.3. The number of esters is 2. The summed E-state index contributed by atoms with van der Waals surface area (Å²) >= 11 is 0. The van der Waals surface area contributed by atoms with Crippen molar-refractivity contribution in [3.63, 3.8) is 0 Å². The Bertz CT molecular complexity index is 1030. The topological polar surface area (TPSA) is 114 Å². The largest absolute Gasteiger partial charge is 0.465 e. The average molecular weight is 515 g/mol. The molecule has 0 saturated carbocycles. The van der Waals surface area contributed by atoms with Gasteiger partial charge < -0.3 is 29.5 Å². The Labute approximate surface area is 218 Å². The predicted octanol–water partition coefficient (Wildman–Crippen LogP) is 4.49. The van der Waals surface area contributed by atoms with Crippen LogP contribution >= 0.6 is 0 Å². The fourth-order valence-corrected chi connectivity index (χ4v) is 3.55. The minimum absolute atomic E-state index is 0.0802. The number of anilines is 1. The van der Waals surface area contributed by atoms with E-state index >= 15 is 0 Å². The Kier molecular flexibility index (Phi) is 10.9. The lowest BCUT2D eigenvalue weighted by Gasteiger charge is -2.34. The van der Waals surface area contributed by atoms with Crippen molar-refractivity contribution in [3.8, 4) is 5.75 Å².